The average molecular weight is 326 g/mol. The highest BCUT2D eigenvalue weighted by molar-refractivity contribution is 8.02. The van der Waals surface area contributed by atoms with Gasteiger partial charge in [-0.05, 0) is 43.8 Å². The van der Waals surface area contributed by atoms with Gasteiger partial charge in [-0.3, -0.25) is 0 Å². The summed E-state index contributed by atoms with van der Waals surface area (Å²) in [4.78, 5) is 0. The molecule has 0 radical (unpaired) electrons. The van der Waals surface area contributed by atoms with Crippen molar-refractivity contribution in [3.63, 3.8) is 0 Å². The molecule has 1 atom stereocenters. The number of nitrogens with one attached hydrogen (secondary N) is 1. The highest BCUT2D eigenvalue weighted by atomic mass is 32.2. The second-order valence-electron chi connectivity index (χ2n) is 4.53. The predicted octanol–water partition coefficient (Wildman–Crippen LogP) is 3.93. The summed E-state index contributed by atoms with van der Waals surface area (Å²) in [7, 11) is 2.01. The first-order valence-corrected chi connectivity index (χ1v) is 9.41. The second kappa shape index (κ2) is 7.45. The number of benzene rings is 1. The van der Waals surface area contributed by atoms with Gasteiger partial charge in [0.2, 0.25) is 0 Å². The van der Waals surface area contributed by atoms with Crippen LogP contribution in [0.3, 0.4) is 0 Å². The normalized spacial score (nSPS) is 12.6. The Morgan fingerprint density at radius 1 is 1.20 bits per heavy atom. The van der Waals surface area contributed by atoms with Crippen LogP contribution in [-0.2, 0) is 0 Å². The Morgan fingerprint density at radius 3 is 2.55 bits per heavy atom. The van der Waals surface area contributed by atoms with Crippen LogP contribution in [0.4, 0.5) is 0 Å². The number of hydrogen-bond donors (Lipinski definition) is 1. The van der Waals surface area contributed by atoms with Crippen molar-refractivity contribution in [3.8, 4) is 0 Å². The van der Waals surface area contributed by atoms with E-state index in [1.54, 1.807) is 34.9 Å². The van der Waals surface area contributed by atoms with E-state index in [9.17, 15) is 0 Å². The summed E-state index contributed by atoms with van der Waals surface area (Å²) >= 11 is 5.07. The maximum atomic E-state index is 4.20. The maximum Gasteiger partial charge on any atom is 0.175 e. The van der Waals surface area contributed by atoms with Crippen molar-refractivity contribution in [3.05, 3.63) is 34.9 Å². The number of nitrogens with zero attached hydrogens (tertiary/aromatic N) is 2. The number of rotatable bonds is 6. The van der Waals surface area contributed by atoms with E-state index in [-0.39, 0.29) is 0 Å². The smallest absolute Gasteiger partial charge is 0.175 e. The quantitative estimate of drug-likeness (QED) is 0.815. The Balaban J connectivity index is 2.03. The molecule has 6 heteroatoms. The molecular weight excluding hydrogens is 306 g/mol. The number of aryl methyl sites for hydroxylation is 2. The molecule has 0 aliphatic heterocycles. The number of thioether (sulfide) groups is 2. The fourth-order valence-corrected chi connectivity index (χ4v) is 4.43. The molecular formula is C14H19N3S3. The molecule has 1 N–H and O–H groups in total. The van der Waals surface area contributed by atoms with E-state index in [0.29, 0.717) is 6.04 Å². The van der Waals surface area contributed by atoms with Crippen molar-refractivity contribution in [1.29, 1.82) is 0 Å². The molecule has 0 aliphatic carbocycles. The number of aromatic nitrogens is 2. The van der Waals surface area contributed by atoms with Crippen LogP contribution in [0, 0.1) is 13.8 Å². The standard InChI is InChI=1S/C14H19N3S3/c1-9-5-6-11(7-10(9)2)12(15-3)8-19-14-17-16-13(18-4)20-14/h5-7,12,15H,8H2,1-4H3. The van der Waals surface area contributed by atoms with Crippen LogP contribution < -0.4 is 5.32 Å². The van der Waals surface area contributed by atoms with E-state index in [1.165, 1.54) is 16.7 Å². The van der Waals surface area contributed by atoms with Crippen molar-refractivity contribution >= 4 is 34.9 Å². The minimum Gasteiger partial charge on any atom is -0.312 e. The van der Waals surface area contributed by atoms with Gasteiger partial charge in [-0.25, -0.2) is 0 Å². The molecule has 1 aromatic heterocycles. The highest BCUT2D eigenvalue weighted by Crippen LogP contribution is 2.30. The Bertz CT molecular complexity index is 569. The molecule has 1 unspecified atom stereocenters. The van der Waals surface area contributed by atoms with Gasteiger partial charge < -0.3 is 5.32 Å². The summed E-state index contributed by atoms with van der Waals surface area (Å²) in [5, 5.41) is 11.7. The van der Waals surface area contributed by atoms with Crippen LogP contribution >= 0.6 is 34.9 Å². The molecule has 1 aromatic carbocycles. The molecule has 2 aromatic rings. The zero-order chi connectivity index (χ0) is 14.5. The second-order valence-corrected chi connectivity index (χ2v) is 7.83. The van der Waals surface area contributed by atoms with E-state index in [0.717, 1.165) is 14.4 Å². The van der Waals surface area contributed by atoms with E-state index < -0.39 is 0 Å². The third kappa shape index (κ3) is 3.97. The molecule has 0 bridgehead atoms. The van der Waals surface area contributed by atoms with Gasteiger partial charge in [0, 0.05) is 11.8 Å². The number of hydrogen-bond acceptors (Lipinski definition) is 6. The Kier molecular flexibility index (Phi) is 5.89. The van der Waals surface area contributed by atoms with Crippen molar-refractivity contribution in [2.24, 2.45) is 0 Å². The average Bonchev–Trinajstić information content (AvgIpc) is 2.91. The largest absolute Gasteiger partial charge is 0.312 e. The first-order valence-electron chi connectivity index (χ1n) is 6.38. The van der Waals surface area contributed by atoms with Gasteiger partial charge in [0.25, 0.3) is 0 Å². The monoisotopic (exact) mass is 325 g/mol. The van der Waals surface area contributed by atoms with Crippen molar-refractivity contribution in [2.45, 2.75) is 28.6 Å². The molecule has 0 saturated carbocycles. The fourth-order valence-electron chi connectivity index (χ4n) is 1.82. The van der Waals surface area contributed by atoms with Gasteiger partial charge in [-0.1, -0.05) is 53.1 Å². The van der Waals surface area contributed by atoms with E-state index in [1.807, 2.05) is 13.3 Å². The van der Waals surface area contributed by atoms with Crippen LogP contribution in [0.25, 0.3) is 0 Å². The molecule has 0 saturated heterocycles. The van der Waals surface area contributed by atoms with E-state index in [2.05, 4.69) is 47.6 Å². The molecule has 0 amide bonds. The zero-order valence-electron chi connectivity index (χ0n) is 12.1. The summed E-state index contributed by atoms with van der Waals surface area (Å²) in [6, 6.07) is 7.00. The summed E-state index contributed by atoms with van der Waals surface area (Å²) in [5.74, 6) is 0.960. The molecule has 0 spiro atoms. The van der Waals surface area contributed by atoms with Crippen LogP contribution in [0.15, 0.2) is 26.9 Å². The molecule has 0 aliphatic rings. The van der Waals surface area contributed by atoms with Crippen LogP contribution in [-0.4, -0.2) is 29.3 Å². The lowest BCUT2D eigenvalue weighted by molar-refractivity contribution is 0.661. The van der Waals surface area contributed by atoms with Gasteiger partial charge in [0.1, 0.15) is 0 Å². The van der Waals surface area contributed by atoms with Gasteiger partial charge >= 0.3 is 0 Å². The Hall–Kier alpha value is -0.560. The fraction of sp³-hybridized carbons (Fsp3) is 0.429. The summed E-state index contributed by atoms with van der Waals surface area (Å²) in [6.07, 6.45) is 2.03. The van der Waals surface area contributed by atoms with Crippen molar-refractivity contribution in [1.82, 2.24) is 15.5 Å². The molecule has 20 heavy (non-hydrogen) atoms. The van der Waals surface area contributed by atoms with Crippen molar-refractivity contribution < 1.29 is 0 Å². The van der Waals surface area contributed by atoms with Crippen molar-refractivity contribution in [2.75, 3.05) is 19.1 Å². The molecule has 1 heterocycles. The van der Waals surface area contributed by atoms with E-state index >= 15 is 0 Å². The van der Waals surface area contributed by atoms with Gasteiger partial charge in [-0.15, -0.1) is 10.2 Å². The minimum atomic E-state index is 0.334. The molecule has 0 fully saturated rings. The third-order valence-electron chi connectivity index (χ3n) is 3.22. The van der Waals surface area contributed by atoms with Crippen LogP contribution in [0.5, 0.6) is 0 Å². The lowest BCUT2D eigenvalue weighted by atomic mass is 10.0. The lowest BCUT2D eigenvalue weighted by Gasteiger charge is -2.16. The van der Waals surface area contributed by atoms with Gasteiger partial charge in [0.15, 0.2) is 8.68 Å². The summed E-state index contributed by atoms with van der Waals surface area (Å²) < 4.78 is 2.07. The first kappa shape index (κ1) is 15.8. The van der Waals surface area contributed by atoms with Crippen LogP contribution in [0.2, 0.25) is 0 Å². The Morgan fingerprint density at radius 2 is 1.95 bits per heavy atom. The Labute approximate surface area is 133 Å². The SMILES string of the molecule is CNC(CSc1nnc(SC)s1)c1ccc(C)c(C)c1. The lowest BCUT2D eigenvalue weighted by Crippen LogP contribution is -2.18. The first-order chi connectivity index (χ1) is 9.63. The van der Waals surface area contributed by atoms with Gasteiger partial charge in [-0.2, -0.15) is 0 Å². The molecule has 108 valence electrons. The molecule has 2 rings (SSSR count). The van der Waals surface area contributed by atoms with Gasteiger partial charge in [0.05, 0.1) is 0 Å². The topological polar surface area (TPSA) is 37.8 Å². The minimum absolute atomic E-state index is 0.334. The van der Waals surface area contributed by atoms with Crippen LogP contribution in [0.1, 0.15) is 22.7 Å². The van der Waals surface area contributed by atoms with E-state index in [4.69, 9.17) is 0 Å². The highest BCUT2D eigenvalue weighted by Gasteiger charge is 2.12. The zero-order valence-corrected chi connectivity index (χ0v) is 14.6. The maximum absolute atomic E-state index is 4.20. The summed E-state index contributed by atoms with van der Waals surface area (Å²) in [5.41, 5.74) is 4.01. The predicted molar refractivity (Wildman–Crippen MR) is 90.1 cm³/mol. The molecule has 3 nitrogen and oxygen atoms in total. The third-order valence-corrected chi connectivity index (χ3v) is 6.34. The summed E-state index contributed by atoms with van der Waals surface area (Å²) in [6.45, 7) is 4.31.